The zero-order valence-electron chi connectivity index (χ0n) is 13.4. The van der Waals surface area contributed by atoms with E-state index in [2.05, 4.69) is 15.5 Å². The topological polar surface area (TPSA) is 82.2 Å². The number of hydrogen-bond donors (Lipinski definition) is 1. The Labute approximate surface area is 135 Å². The van der Waals surface area contributed by atoms with Gasteiger partial charge in [0.1, 0.15) is 12.1 Å². The van der Waals surface area contributed by atoms with Gasteiger partial charge in [0.15, 0.2) is 5.82 Å². The van der Waals surface area contributed by atoms with Gasteiger partial charge in [-0.1, -0.05) is 5.16 Å². The summed E-state index contributed by atoms with van der Waals surface area (Å²) in [6.45, 7) is 5.03. The molecule has 0 aromatic carbocycles. The molecule has 0 bridgehead atoms. The Morgan fingerprint density at radius 1 is 1.35 bits per heavy atom. The van der Waals surface area contributed by atoms with Crippen LogP contribution < -0.4 is 5.32 Å². The van der Waals surface area contributed by atoms with Gasteiger partial charge in [0.2, 0.25) is 11.8 Å². The van der Waals surface area contributed by atoms with Crippen LogP contribution in [-0.2, 0) is 9.53 Å². The van der Waals surface area contributed by atoms with Crippen molar-refractivity contribution in [1.29, 1.82) is 0 Å². The third-order valence-corrected chi connectivity index (χ3v) is 4.30. The molecule has 3 rings (SSSR count). The highest BCUT2D eigenvalue weighted by Crippen LogP contribution is 2.29. The van der Waals surface area contributed by atoms with Crippen molar-refractivity contribution in [3.05, 3.63) is 36.2 Å². The summed E-state index contributed by atoms with van der Waals surface area (Å²) in [4.78, 5) is 16.9. The molecule has 0 aliphatic carbocycles. The SMILES string of the molecule is Cc1noc([C@@H](NC(=O)[C@H](C)n2cccc2)C2CCOCC2)n1. The molecule has 1 aliphatic rings. The molecular weight excluding hydrogens is 296 g/mol. The first-order valence-corrected chi connectivity index (χ1v) is 7.96. The molecular formula is C16H22N4O3. The largest absolute Gasteiger partial charge is 0.381 e. The zero-order valence-corrected chi connectivity index (χ0v) is 13.4. The fourth-order valence-corrected chi connectivity index (χ4v) is 2.89. The molecule has 0 spiro atoms. The number of amides is 1. The van der Waals surface area contributed by atoms with E-state index in [9.17, 15) is 4.79 Å². The van der Waals surface area contributed by atoms with Crippen LogP contribution in [0, 0.1) is 12.8 Å². The van der Waals surface area contributed by atoms with E-state index in [1.165, 1.54) is 0 Å². The Kier molecular flexibility index (Phi) is 4.76. The summed E-state index contributed by atoms with van der Waals surface area (Å²) in [5.74, 6) is 1.23. The quantitative estimate of drug-likeness (QED) is 0.912. The van der Waals surface area contributed by atoms with Gasteiger partial charge in [-0.15, -0.1) is 0 Å². The van der Waals surface area contributed by atoms with Gasteiger partial charge in [-0.3, -0.25) is 4.79 Å². The molecule has 7 nitrogen and oxygen atoms in total. The molecule has 23 heavy (non-hydrogen) atoms. The molecule has 2 atom stereocenters. The van der Waals surface area contributed by atoms with Gasteiger partial charge in [0.05, 0.1) is 0 Å². The van der Waals surface area contributed by atoms with Crippen molar-refractivity contribution >= 4 is 5.91 Å². The van der Waals surface area contributed by atoms with E-state index in [4.69, 9.17) is 9.26 Å². The molecule has 2 aromatic heterocycles. The number of nitrogens with zero attached hydrogens (tertiary/aromatic N) is 3. The van der Waals surface area contributed by atoms with Crippen LogP contribution in [0.1, 0.15) is 43.6 Å². The maximum Gasteiger partial charge on any atom is 0.249 e. The van der Waals surface area contributed by atoms with Gasteiger partial charge in [-0.2, -0.15) is 4.98 Å². The van der Waals surface area contributed by atoms with Crippen LogP contribution in [0.25, 0.3) is 0 Å². The molecule has 0 unspecified atom stereocenters. The second kappa shape index (κ2) is 6.95. The van der Waals surface area contributed by atoms with Gasteiger partial charge < -0.3 is 19.1 Å². The maximum absolute atomic E-state index is 12.6. The Morgan fingerprint density at radius 2 is 2.04 bits per heavy atom. The van der Waals surface area contributed by atoms with Crippen LogP contribution in [0.2, 0.25) is 0 Å². The smallest absolute Gasteiger partial charge is 0.249 e. The Bertz CT molecular complexity index is 632. The van der Waals surface area contributed by atoms with Crippen molar-refractivity contribution in [3.8, 4) is 0 Å². The number of aromatic nitrogens is 3. The van der Waals surface area contributed by atoms with E-state index >= 15 is 0 Å². The highest BCUT2D eigenvalue weighted by atomic mass is 16.5. The number of carbonyl (C=O) groups is 1. The molecule has 1 N–H and O–H groups in total. The number of ether oxygens (including phenoxy) is 1. The predicted molar refractivity (Wildman–Crippen MR) is 82.6 cm³/mol. The number of hydrogen-bond acceptors (Lipinski definition) is 5. The van der Waals surface area contributed by atoms with Crippen LogP contribution >= 0.6 is 0 Å². The second-order valence-electron chi connectivity index (χ2n) is 5.92. The summed E-state index contributed by atoms with van der Waals surface area (Å²) < 4.78 is 12.6. The van der Waals surface area contributed by atoms with Crippen molar-refractivity contribution in [2.24, 2.45) is 5.92 Å². The summed E-state index contributed by atoms with van der Waals surface area (Å²) in [6.07, 6.45) is 5.49. The molecule has 0 radical (unpaired) electrons. The Morgan fingerprint density at radius 3 is 2.65 bits per heavy atom. The van der Waals surface area contributed by atoms with Crippen LogP contribution in [0.4, 0.5) is 0 Å². The summed E-state index contributed by atoms with van der Waals surface area (Å²) in [5.41, 5.74) is 0. The average Bonchev–Trinajstić information content (AvgIpc) is 3.24. The van der Waals surface area contributed by atoms with Crippen LogP contribution in [0.15, 0.2) is 29.0 Å². The molecule has 3 heterocycles. The minimum absolute atomic E-state index is 0.0615. The van der Waals surface area contributed by atoms with Crippen LogP contribution in [-0.4, -0.2) is 33.8 Å². The second-order valence-corrected chi connectivity index (χ2v) is 5.92. The monoisotopic (exact) mass is 318 g/mol. The van der Waals surface area contributed by atoms with Gasteiger partial charge in [-0.25, -0.2) is 0 Å². The lowest BCUT2D eigenvalue weighted by atomic mass is 9.91. The first kappa shape index (κ1) is 15.7. The summed E-state index contributed by atoms with van der Waals surface area (Å²) in [6, 6.07) is 3.24. The van der Waals surface area contributed by atoms with Gasteiger partial charge in [0, 0.05) is 25.6 Å². The third-order valence-electron chi connectivity index (χ3n) is 4.30. The Hall–Kier alpha value is -2.15. The van der Waals surface area contributed by atoms with Crippen molar-refractivity contribution < 1.29 is 14.1 Å². The molecule has 1 aliphatic heterocycles. The standard InChI is InChI=1S/C16H22N4O3/c1-11(20-7-3-4-8-20)15(21)18-14(13-5-9-22-10-6-13)16-17-12(2)19-23-16/h3-4,7-8,11,13-14H,5-6,9-10H2,1-2H3,(H,18,21)/t11-,14-/m0/s1. The molecule has 1 saturated heterocycles. The lowest BCUT2D eigenvalue weighted by Gasteiger charge is -2.29. The van der Waals surface area contributed by atoms with Crippen molar-refractivity contribution in [3.63, 3.8) is 0 Å². The fourth-order valence-electron chi connectivity index (χ4n) is 2.89. The summed E-state index contributed by atoms with van der Waals surface area (Å²) >= 11 is 0. The Balaban J connectivity index is 1.76. The highest BCUT2D eigenvalue weighted by Gasteiger charge is 2.32. The average molecular weight is 318 g/mol. The lowest BCUT2D eigenvalue weighted by Crippen LogP contribution is -2.39. The van der Waals surface area contributed by atoms with E-state index < -0.39 is 0 Å². The van der Waals surface area contributed by atoms with Crippen molar-refractivity contribution in [2.45, 2.75) is 38.8 Å². The highest BCUT2D eigenvalue weighted by molar-refractivity contribution is 5.80. The first-order valence-electron chi connectivity index (χ1n) is 7.96. The number of rotatable bonds is 5. The van der Waals surface area contributed by atoms with E-state index in [0.717, 1.165) is 12.8 Å². The van der Waals surface area contributed by atoms with Gasteiger partial charge >= 0.3 is 0 Å². The van der Waals surface area contributed by atoms with Crippen LogP contribution in [0.3, 0.4) is 0 Å². The van der Waals surface area contributed by atoms with E-state index in [1.54, 1.807) is 6.92 Å². The summed E-state index contributed by atoms with van der Waals surface area (Å²) in [5, 5.41) is 6.95. The molecule has 124 valence electrons. The normalized spacial score (nSPS) is 18.5. The maximum atomic E-state index is 12.6. The zero-order chi connectivity index (χ0) is 16.2. The minimum atomic E-state index is -0.295. The van der Waals surface area contributed by atoms with Crippen molar-refractivity contribution in [1.82, 2.24) is 20.0 Å². The van der Waals surface area contributed by atoms with Gasteiger partial charge in [0.25, 0.3) is 0 Å². The third kappa shape index (κ3) is 3.61. The van der Waals surface area contributed by atoms with E-state index in [1.807, 2.05) is 36.0 Å². The lowest BCUT2D eigenvalue weighted by molar-refractivity contribution is -0.125. The molecule has 1 fully saturated rings. The van der Waals surface area contributed by atoms with E-state index in [-0.39, 0.29) is 23.9 Å². The molecule has 2 aromatic rings. The van der Waals surface area contributed by atoms with Crippen molar-refractivity contribution in [2.75, 3.05) is 13.2 Å². The predicted octanol–water partition coefficient (Wildman–Crippen LogP) is 2.02. The van der Waals surface area contributed by atoms with Crippen LogP contribution in [0.5, 0.6) is 0 Å². The summed E-state index contributed by atoms with van der Waals surface area (Å²) in [7, 11) is 0. The molecule has 1 amide bonds. The fraction of sp³-hybridized carbons (Fsp3) is 0.562. The number of carbonyl (C=O) groups excluding carboxylic acids is 1. The number of nitrogens with one attached hydrogen (secondary N) is 1. The van der Waals surface area contributed by atoms with E-state index in [0.29, 0.717) is 24.9 Å². The first-order chi connectivity index (χ1) is 11.1. The number of aryl methyl sites for hydroxylation is 1. The minimum Gasteiger partial charge on any atom is -0.381 e. The molecule has 7 heteroatoms. The van der Waals surface area contributed by atoms with Gasteiger partial charge in [-0.05, 0) is 44.7 Å². The molecule has 0 saturated carbocycles.